The van der Waals surface area contributed by atoms with Crippen molar-refractivity contribution in [2.45, 2.75) is 26.3 Å². The van der Waals surface area contributed by atoms with Crippen molar-refractivity contribution in [1.82, 2.24) is 24.8 Å². The minimum Gasteiger partial charge on any atom is -0.481 e. The second-order valence-corrected chi connectivity index (χ2v) is 9.31. The third kappa shape index (κ3) is 6.05. The van der Waals surface area contributed by atoms with E-state index in [9.17, 15) is 14.7 Å². The van der Waals surface area contributed by atoms with Gasteiger partial charge in [0.15, 0.2) is 0 Å². The summed E-state index contributed by atoms with van der Waals surface area (Å²) in [5.41, 5.74) is 5.87. The minimum atomic E-state index is -0.921. The van der Waals surface area contributed by atoms with Gasteiger partial charge in [0.25, 0.3) is 0 Å². The first-order valence-corrected chi connectivity index (χ1v) is 12.8. The molecule has 0 saturated carbocycles. The van der Waals surface area contributed by atoms with E-state index >= 15 is 0 Å². The molecule has 0 radical (unpaired) electrons. The Balaban J connectivity index is 1.53. The van der Waals surface area contributed by atoms with Crippen molar-refractivity contribution in [1.29, 1.82) is 0 Å². The Bertz CT molecular complexity index is 1480. The summed E-state index contributed by atoms with van der Waals surface area (Å²) in [6.07, 6.45) is 2.81. The van der Waals surface area contributed by atoms with Crippen molar-refractivity contribution in [2.75, 3.05) is 38.2 Å². The van der Waals surface area contributed by atoms with E-state index in [-0.39, 0.29) is 12.6 Å². The lowest BCUT2D eigenvalue weighted by molar-refractivity contribution is -0.138. The maximum absolute atomic E-state index is 12.0. The smallest absolute Gasteiger partial charge is 0.413 e. The van der Waals surface area contributed by atoms with E-state index in [4.69, 9.17) is 14.5 Å². The number of anilines is 1. The number of hydrogen-bond acceptors (Lipinski definition) is 8. The molecule has 1 atom stereocenters. The first-order valence-electron chi connectivity index (χ1n) is 12.8. The summed E-state index contributed by atoms with van der Waals surface area (Å²) in [6, 6.07) is 11.4. The summed E-state index contributed by atoms with van der Waals surface area (Å²) >= 11 is 0. The van der Waals surface area contributed by atoms with Gasteiger partial charge in [0.05, 0.1) is 48.2 Å². The maximum Gasteiger partial charge on any atom is 0.413 e. The highest BCUT2D eigenvalue weighted by Crippen LogP contribution is 2.34. The molecule has 4 aromatic rings. The predicted octanol–water partition coefficient (Wildman–Crippen LogP) is 4.28. The molecule has 0 aliphatic carbocycles. The van der Waals surface area contributed by atoms with Crippen LogP contribution in [0.5, 0.6) is 0 Å². The molecule has 1 fully saturated rings. The number of carboxylic acid groups (broad SMARTS) is 1. The lowest BCUT2D eigenvalue weighted by atomic mass is 9.97. The Kier molecular flexibility index (Phi) is 7.80. The van der Waals surface area contributed by atoms with Crippen LogP contribution in [0.1, 0.15) is 31.0 Å². The molecular formula is C28H30N6O5. The molecular weight excluding hydrogens is 500 g/mol. The van der Waals surface area contributed by atoms with E-state index in [1.165, 1.54) is 0 Å². The molecule has 4 heterocycles. The van der Waals surface area contributed by atoms with Crippen LogP contribution in [0.25, 0.3) is 33.4 Å². The van der Waals surface area contributed by atoms with Crippen molar-refractivity contribution in [3.05, 3.63) is 60.0 Å². The summed E-state index contributed by atoms with van der Waals surface area (Å²) in [5.74, 6) is -1.39. The van der Waals surface area contributed by atoms with Crippen LogP contribution >= 0.6 is 0 Å². The van der Waals surface area contributed by atoms with Crippen molar-refractivity contribution in [2.24, 2.45) is 0 Å². The summed E-state index contributed by atoms with van der Waals surface area (Å²) in [6.45, 7) is 7.59. The van der Waals surface area contributed by atoms with Crippen LogP contribution in [0.3, 0.4) is 0 Å². The molecule has 1 aromatic carbocycles. The number of benzene rings is 1. The van der Waals surface area contributed by atoms with Crippen molar-refractivity contribution in [3.8, 4) is 22.4 Å². The zero-order chi connectivity index (χ0) is 27.4. The van der Waals surface area contributed by atoms with E-state index in [0.29, 0.717) is 27.9 Å². The quantitative estimate of drug-likeness (QED) is 0.304. The summed E-state index contributed by atoms with van der Waals surface area (Å²) < 4.78 is 10.4. The maximum atomic E-state index is 12.0. The van der Waals surface area contributed by atoms with Crippen LogP contribution in [-0.4, -0.2) is 74.9 Å². The first kappa shape index (κ1) is 26.3. The van der Waals surface area contributed by atoms with Gasteiger partial charge in [-0.15, -0.1) is 0 Å². The second-order valence-electron chi connectivity index (χ2n) is 9.31. The van der Waals surface area contributed by atoms with Crippen LogP contribution < -0.4 is 5.32 Å². The van der Waals surface area contributed by atoms with Gasteiger partial charge >= 0.3 is 12.1 Å². The predicted molar refractivity (Wildman–Crippen MR) is 145 cm³/mol. The number of nitrogens with zero attached hydrogens (tertiary/aromatic N) is 4. The van der Waals surface area contributed by atoms with E-state index in [2.05, 4.69) is 25.2 Å². The number of pyridine rings is 2. The van der Waals surface area contributed by atoms with Gasteiger partial charge < -0.3 is 19.6 Å². The summed E-state index contributed by atoms with van der Waals surface area (Å²) in [5, 5.41) is 12.1. The molecule has 0 bridgehead atoms. The molecule has 5 rings (SSSR count). The van der Waals surface area contributed by atoms with E-state index < -0.39 is 18.0 Å². The normalized spacial score (nSPS) is 14.7. The van der Waals surface area contributed by atoms with Crippen molar-refractivity contribution >= 4 is 29.0 Å². The highest BCUT2D eigenvalue weighted by atomic mass is 16.5. The Morgan fingerprint density at radius 3 is 2.69 bits per heavy atom. The van der Waals surface area contributed by atoms with Crippen LogP contribution in [0, 0.1) is 0 Å². The minimum absolute atomic E-state index is 0.231. The number of carbonyl (C=O) groups excluding carboxylic acids is 1. The number of morpholine rings is 1. The number of nitrogens with one attached hydrogen (secondary N) is 2. The largest absolute Gasteiger partial charge is 0.481 e. The van der Waals surface area contributed by atoms with Gasteiger partial charge in [-0.2, -0.15) is 0 Å². The molecule has 3 aromatic heterocycles. The Morgan fingerprint density at radius 1 is 1.15 bits per heavy atom. The lowest BCUT2D eigenvalue weighted by Gasteiger charge is -2.26. The number of aliphatic carboxylic acids is 1. The number of imidazole rings is 1. The molecule has 11 nitrogen and oxygen atoms in total. The molecule has 1 amide bonds. The number of aromatic amines is 1. The number of amides is 1. The van der Waals surface area contributed by atoms with Crippen molar-refractivity contribution < 1.29 is 24.2 Å². The first-order chi connectivity index (χ1) is 18.9. The number of rotatable bonds is 8. The fourth-order valence-corrected chi connectivity index (χ4v) is 4.49. The number of carbonyl (C=O) groups is 2. The Labute approximate surface area is 225 Å². The van der Waals surface area contributed by atoms with Crippen LogP contribution in [0.15, 0.2) is 48.8 Å². The highest BCUT2D eigenvalue weighted by molar-refractivity contribution is 5.97. The van der Waals surface area contributed by atoms with Crippen LogP contribution in [0.2, 0.25) is 0 Å². The topological polar surface area (TPSA) is 143 Å². The van der Waals surface area contributed by atoms with E-state index in [1.54, 1.807) is 32.2 Å². The number of H-pyrrole nitrogens is 1. The zero-order valence-corrected chi connectivity index (χ0v) is 21.8. The number of hydrogen-bond donors (Lipinski definition) is 3. The number of ether oxygens (including phenoxy) is 2. The van der Waals surface area contributed by atoms with Gasteiger partial charge in [-0.05, 0) is 55.3 Å². The monoisotopic (exact) mass is 530 g/mol. The second kappa shape index (κ2) is 11.6. The SMILES string of the molecule is CCOC(=O)Nc1nc2c(-c3cc(C(C)C(=O)O)ccn3)cc(-c3ccc(CN4CCOCC4)nc3)cc2[nH]1. The average Bonchev–Trinajstić information content (AvgIpc) is 3.35. The van der Waals surface area contributed by atoms with E-state index in [1.807, 2.05) is 30.5 Å². The molecule has 1 aliphatic rings. The van der Waals surface area contributed by atoms with Gasteiger partial charge in [-0.25, -0.2) is 9.78 Å². The molecule has 39 heavy (non-hydrogen) atoms. The fraction of sp³-hybridized carbons (Fsp3) is 0.321. The molecule has 1 saturated heterocycles. The third-order valence-corrected chi connectivity index (χ3v) is 6.66. The fourth-order valence-electron chi connectivity index (χ4n) is 4.49. The Morgan fingerprint density at radius 2 is 1.97 bits per heavy atom. The number of aromatic nitrogens is 4. The van der Waals surface area contributed by atoms with E-state index in [0.717, 1.165) is 49.7 Å². The van der Waals surface area contributed by atoms with Crippen LogP contribution in [-0.2, 0) is 20.8 Å². The molecule has 3 N–H and O–H groups in total. The van der Waals surface area contributed by atoms with Gasteiger partial charge in [-0.1, -0.05) is 6.07 Å². The highest BCUT2D eigenvalue weighted by Gasteiger charge is 2.19. The molecule has 1 unspecified atom stereocenters. The molecule has 1 aliphatic heterocycles. The average molecular weight is 531 g/mol. The Hall–Kier alpha value is -4.35. The number of carboxylic acids is 1. The lowest BCUT2D eigenvalue weighted by Crippen LogP contribution is -2.35. The van der Waals surface area contributed by atoms with Gasteiger partial charge in [-0.3, -0.25) is 25.0 Å². The molecule has 202 valence electrons. The summed E-state index contributed by atoms with van der Waals surface area (Å²) in [4.78, 5) is 42.9. The number of fused-ring (bicyclic) bond motifs is 1. The van der Waals surface area contributed by atoms with Crippen LogP contribution in [0.4, 0.5) is 10.7 Å². The van der Waals surface area contributed by atoms with Gasteiger partial charge in [0.2, 0.25) is 5.95 Å². The molecule has 0 spiro atoms. The zero-order valence-electron chi connectivity index (χ0n) is 21.8. The standard InChI is InChI=1S/C28H30N6O5/c1-3-39-28(37)33-27-31-24-14-20(19-4-5-21(30-15-19)16-34-8-10-38-11-9-34)12-22(25(24)32-27)23-13-18(6-7-29-23)17(2)26(35)36/h4-7,12-15,17H,3,8-11,16H2,1-2H3,(H,35,36)(H2,31,32,33,37). The van der Waals surface area contributed by atoms with Crippen molar-refractivity contribution in [3.63, 3.8) is 0 Å². The van der Waals surface area contributed by atoms with Gasteiger partial charge in [0.1, 0.15) is 0 Å². The molecule has 11 heteroatoms. The third-order valence-electron chi connectivity index (χ3n) is 6.66. The van der Waals surface area contributed by atoms with Gasteiger partial charge in [0, 0.05) is 43.2 Å². The summed E-state index contributed by atoms with van der Waals surface area (Å²) in [7, 11) is 0.